The van der Waals surface area contributed by atoms with Crippen LogP contribution in [0.15, 0.2) is 24.3 Å². The number of rotatable bonds is 5. The van der Waals surface area contributed by atoms with Crippen LogP contribution in [0.4, 0.5) is 16.2 Å². The number of nitrogens with one attached hydrogen (secondary N) is 2. The highest BCUT2D eigenvalue weighted by Crippen LogP contribution is 2.14. The summed E-state index contributed by atoms with van der Waals surface area (Å²) in [6.45, 7) is 5.34. The molecule has 2 N–H and O–H groups in total. The summed E-state index contributed by atoms with van der Waals surface area (Å²) >= 11 is 0. The first-order chi connectivity index (χ1) is 8.15. The van der Waals surface area contributed by atoms with Gasteiger partial charge in [-0.2, -0.15) is 0 Å². The van der Waals surface area contributed by atoms with Crippen molar-refractivity contribution in [2.24, 2.45) is 5.92 Å². The van der Waals surface area contributed by atoms with Crippen molar-refractivity contribution in [1.82, 2.24) is 0 Å². The van der Waals surface area contributed by atoms with E-state index >= 15 is 0 Å². The van der Waals surface area contributed by atoms with Gasteiger partial charge in [0.2, 0.25) is 0 Å². The Balaban J connectivity index is 2.47. The normalized spacial score (nSPS) is 11.7. The van der Waals surface area contributed by atoms with Gasteiger partial charge < -0.3 is 10.1 Å². The van der Waals surface area contributed by atoms with Gasteiger partial charge in [-0.05, 0) is 30.2 Å². The molecule has 1 rings (SSSR count). The van der Waals surface area contributed by atoms with Gasteiger partial charge in [0.15, 0.2) is 0 Å². The second-order valence-corrected chi connectivity index (χ2v) is 4.09. The molecule has 1 aromatic rings. The van der Waals surface area contributed by atoms with Crippen molar-refractivity contribution >= 4 is 17.5 Å². The maximum atomic E-state index is 11.0. The third kappa shape index (κ3) is 4.76. The molecule has 1 unspecified atom stereocenters. The van der Waals surface area contributed by atoms with E-state index in [-0.39, 0.29) is 0 Å². The number of carbonyl (C=O) groups excluding carboxylic acids is 1. The van der Waals surface area contributed by atoms with E-state index < -0.39 is 6.09 Å². The maximum Gasteiger partial charge on any atom is 0.411 e. The van der Waals surface area contributed by atoms with E-state index in [1.807, 2.05) is 24.3 Å². The zero-order chi connectivity index (χ0) is 12.7. The summed E-state index contributed by atoms with van der Waals surface area (Å²) in [5, 5.41) is 5.95. The third-order valence-corrected chi connectivity index (χ3v) is 2.67. The van der Waals surface area contributed by atoms with E-state index in [2.05, 4.69) is 29.2 Å². The van der Waals surface area contributed by atoms with Crippen molar-refractivity contribution in [3.05, 3.63) is 24.3 Å². The van der Waals surface area contributed by atoms with E-state index in [1.54, 1.807) is 0 Å². The van der Waals surface area contributed by atoms with Gasteiger partial charge in [0.05, 0.1) is 7.11 Å². The molecule has 0 heterocycles. The molecule has 0 aliphatic carbocycles. The zero-order valence-corrected chi connectivity index (χ0v) is 10.6. The molecule has 0 fully saturated rings. The minimum atomic E-state index is -0.453. The zero-order valence-electron chi connectivity index (χ0n) is 10.6. The fraction of sp³-hybridized carbons (Fsp3) is 0.462. The van der Waals surface area contributed by atoms with Crippen molar-refractivity contribution in [2.45, 2.75) is 20.3 Å². The summed E-state index contributed by atoms with van der Waals surface area (Å²) in [5.74, 6) is 0.655. The van der Waals surface area contributed by atoms with E-state index in [4.69, 9.17) is 0 Å². The second kappa shape index (κ2) is 6.78. The number of carbonyl (C=O) groups is 1. The molecule has 0 aromatic heterocycles. The highest BCUT2D eigenvalue weighted by atomic mass is 16.5. The van der Waals surface area contributed by atoms with Crippen LogP contribution in [-0.4, -0.2) is 19.7 Å². The average Bonchev–Trinajstić information content (AvgIpc) is 2.37. The van der Waals surface area contributed by atoms with Crippen molar-refractivity contribution < 1.29 is 9.53 Å². The predicted octanol–water partition coefficient (Wildman–Crippen LogP) is 3.32. The highest BCUT2D eigenvalue weighted by Gasteiger charge is 2.01. The number of hydrogen-bond donors (Lipinski definition) is 2. The first-order valence-corrected chi connectivity index (χ1v) is 5.84. The molecule has 0 spiro atoms. The van der Waals surface area contributed by atoms with Gasteiger partial charge >= 0.3 is 6.09 Å². The lowest BCUT2D eigenvalue weighted by atomic mass is 10.1. The van der Waals surface area contributed by atoms with Crippen LogP contribution in [0.3, 0.4) is 0 Å². The summed E-state index contributed by atoms with van der Waals surface area (Å²) in [6, 6.07) is 7.56. The van der Waals surface area contributed by atoms with Gasteiger partial charge in [-0.15, -0.1) is 0 Å². The Labute approximate surface area is 102 Å². The van der Waals surface area contributed by atoms with E-state index in [1.165, 1.54) is 7.11 Å². The maximum absolute atomic E-state index is 11.0. The lowest BCUT2D eigenvalue weighted by molar-refractivity contribution is 0.187. The van der Waals surface area contributed by atoms with Crippen LogP contribution in [0.5, 0.6) is 0 Å². The number of methoxy groups -OCH3 is 1. The average molecular weight is 236 g/mol. The molecule has 1 aromatic carbocycles. The molecule has 4 nitrogen and oxygen atoms in total. The van der Waals surface area contributed by atoms with E-state index in [9.17, 15) is 4.79 Å². The molecular weight excluding hydrogens is 216 g/mol. The van der Waals surface area contributed by atoms with Crippen molar-refractivity contribution in [3.8, 4) is 0 Å². The Morgan fingerprint density at radius 3 is 2.41 bits per heavy atom. The van der Waals surface area contributed by atoms with E-state index in [0.717, 1.165) is 24.3 Å². The lowest BCUT2D eigenvalue weighted by Crippen LogP contribution is -2.12. The quantitative estimate of drug-likeness (QED) is 0.824. The van der Waals surface area contributed by atoms with Crippen LogP contribution in [0.1, 0.15) is 20.3 Å². The predicted molar refractivity (Wildman–Crippen MR) is 70.4 cm³/mol. The topological polar surface area (TPSA) is 50.4 Å². The fourth-order valence-electron chi connectivity index (χ4n) is 1.28. The molecule has 94 valence electrons. The molecule has 0 radical (unpaired) electrons. The van der Waals surface area contributed by atoms with Gasteiger partial charge in [-0.3, -0.25) is 5.32 Å². The Hall–Kier alpha value is -1.71. The number of benzene rings is 1. The van der Waals surface area contributed by atoms with Crippen LogP contribution in [0.2, 0.25) is 0 Å². The van der Waals surface area contributed by atoms with Crippen LogP contribution < -0.4 is 10.6 Å². The van der Waals surface area contributed by atoms with Crippen molar-refractivity contribution in [3.63, 3.8) is 0 Å². The van der Waals surface area contributed by atoms with E-state index in [0.29, 0.717) is 5.92 Å². The smallest absolute Gasteiger partial charge is 0.411 e. The van der Waals surface area contributed by atoms with Crippen LogP contribution in [-0.2, 0) is 4.74 Å². The van der Waals surface area contributed by atoms with Gasteiger partial charge in [-0.25, -0.2) is 4.79 Å². The Kier molecular flexibility index (Phi) is 5.33. The summed E-state index contributed by atoms with van der Waals surface area (Å²) < 4.78 is 4.51. The van der Waals surface area contributed by atoms with Crippen LogP contribution >= 0.6 is 0 Å². The van der Waals surface area contributed by atoms with Gasteiger partial charge in [0.25, 0.3) is 0 Å². The Morgan fingerprint density at radius 2 is 1.88 bits per heavy atom. The summed E-state index contributed by atoms with van der Waals surface area (Å²) in [6.07, 6.45) is 0.708. The minimum Gasteiger partial charge on any atom is -0.453 e. The molecular formula is C13H20N2O2. The molecule has 0 saturated carbocycles. The van der Waals surface area contributed by atoms with Crippen molar-refractivity contribution in [1.29, 1.82) is 0 Å². The SMILES string of the molecule is CCC(C)CNc1ccc(NC(=O)OC)cc1. The van der Waals surface area contributed by atoms with Gasteiger partial charge in [-0.1, -0.05) is 20.3 Å². The van der Waals surface area contributed by atoms with Crippen LogP contribution in [0, 0.1) is 5.92 Å². The van der Waals surface area contributed by atoms with Gasteiger partial charge in [0, 0.05) is 17.9 Å². The number of amides is 1. The first-order valence-electron chi connectivity index (χ1n) is 5.84. The summed E-state index contributed by atoms with van der Waals surface area (Å²) in [4.78, 5) is 11.0. The standard InChI is InChI=1S/C13H20N2O2/c1-4-10(2)9-14-11-5-7-12(8-6-11)15-13(16)17-3/h5-8,10,14H,4,9H2,1-3H3,(H,15,16). The fourth-order valence-corrected chi connectivity index (χ4v) is 1.28. The Morgan fingerprint density at radius 1 is 1.29 bits per heavy atom. The second-order valence-electron chi connectivity index (χ2n) is 4.09. The van der Waals surface area contributed by atoms with Gasteiger partial charge in [0.1, 0.15) is 0 Å². The monoisotopic (exact) mass is 236 g/mol. The molecule has 0 aliphatic heterocycles. The lowest BCUT2D eigenvalue weighted by Gasteiger charge is -2.11. The molecule has 1 atom stereocenters. The molecule has 0 saturated heterocycles. The number of ether oxygens (including phenoxy) is 1. The molecule has 0 bridgehead atoms. The Bertz CT molecular complexity index is 349. The summed E-state index contributed by atoms with van der Waals surface area (Å²) in [7, 11) is 1.34. The van der Waals surface area contributed by atoms with Crippen molar-refractivity contribution in [2.75, 3.05) is 24.3 Å². The molecule has 0 aliphatic rings. The third-order valence-electron chi connectivity index (χ3n) is 2.67. The summed E-state index contributed by atoms with van der Waals surface area (Å²) in [5.41, 5.74) is 1.78. The molecule has 1 amide bonds. The highest BCUT2D eigenvalue weighted by molar-refractivity contribution is 5.84. The first kappa shape index (κ1) is 13.4. The van der Waals surface area contributed by atoms with Crippen LogP contribution in [0.25, 0.3) is 0 Å². The minimum absolute atomic E-state index is 0.453. The molecule has 17 heavy (non-hydrogen) atoms. The number of anilines is 2. The largest absolute Gasteiger partial charge is 0.453 e. The molecule has 4 heteroatoms. The number of hydrogen-bond acceptors (Lipinski definition) is 3.